The molecule has 0 aromatic heterocycles. The Morgan fingerprint density at radius 2 is 1.82 bits per heavy atom. The first-order valence-electron chi connectivity index (χ1n) is 7.43. The number of rotatable bonds is 2. The molecule has 0 fully saturated rings. The second-order valence-corrected chi connectivity index (χ2v) is 5.23. The summed E-state index contributed by atoms with van der Waals surface area (Å²) in [7, 11) is 3.56. The van der Waals surface area contributed by atoms with Gasteiger partial charge in [-0.1, -0.05) is 12.1 Å². The molecule has 0 atom stereocenters. The highest BCUT2D eigenvalue weighted by molar-refractivity contribution is 5.59. The Labute approximate surface area is 132 Å². The Bertz CT molecular complexity index is 589. The van der Waals surface area contributed by atoms with Crippen molar-refractivity contribution in [3.05, 3.63) is 47.5 Å². The van der Waals surface area contributed by atoms with Gasteiger partial charge in [0.1, 0.15) is 18.1 Å². The van der Waals surface area contributed by atoms with Crippen LogP contribution in [0.25, 0.3) is 0 Å². The minimum atomic E-state index is 0.774. The van der Waals surface area contributed by atoms with Gasteiger partial charge in [0.25, 0.3) is 0 Å². The molecule has 0 radical (unpaired) electrons. The number of anilines is 2. The van der Waals surface area contributed by atoms with Gasteiger partial charge >= 0.3 is 0 Å². The maximum atomic E-state index is 5.44. The molecule has 0 spiro atoms. The molecule has 0 amide bonds. The van der Waals surface area contributed by atoms with Gasteiger partial charge in [0, 0.05) is 13.6 Å². The number of ether oxygens (including phenoxy) is 2. The maximum absolute atomic E-state index is 5.44. The lowest BCUT2D eigenvalue weighted by Gasteiger charge is -2.18. The van der Waals surface area contributed by atoms with Crippen LogP contribution in [-0.4, -0.2) is 27.3 Å². The fourth-order valence-electron chi connectivity index (χ4n) is 2.26. The predicted molar refractivity (Wildman–Crippen MR) is 92.4 cm³/mol. The summed E-state index contributed by atoms with van der Waals surface area (Å²) in [5.41, 5.74) is 4.62. The van der Waals surface area contributed by atoms with E-state index in [0.717, 1.165) is 36.0 Å². The number of fused-ring (bicyclic) bond motifs is 1. The highest BCUT2D eigenvalue weighted by Gasteiger charge is 2.07. The van der Waals surface area contributed by atoms with Gasteiger partial charge in [-0.3, -0.25) is 0 Å². The minimum Gasteiger partial charge on any atom is -0.495 e. The average molecular weight is 300 g/mol. The van der Waals surface area contributed by atoms with E-state index >= 15 is 0 Å². The third-order valence-electron chi connectivity index (χ3n) is 3.44. The summed E-state index contributed by atoms with van der Waals surface area (Å²) in [6.45, 7) is 5.81. The Kier molecular flexibility index (Phi) is 5.53. The molecule has 3 rings (SSSR count). The zero-order valence-electron chi connectivity index (χ0n) is 13.7. The van der Waals surface area contributed by atoms with Crippen LogP contribution in [-0.2, 0) is 0 Å². The zero-order chi connectivity index (χ0) is 15.9. The Morgan fingerprint density at radius 3 is 2.55 bits per heavy atom. The van der Waals surface area contributed by atoms with Crippen LogP contribution < -0.4 is 20.1 Å². The van der Waals surface area contributed by atoms with Gasteiger partial charge in [-0.2, -0.15) is 0 Å². The predicted octanol–water partition coefficient (Wildman–Crippen LogP) is 3.84. The van der Waals surface area contributed by atoms with Crippen LogP contribution in [0, 0.1) is 13.8 Å². The number of aryl methyl sites for hydroxylation is 2. The van der Waals surface area contributed by atoms with Crippen LogP contribution in [0.2, 0.25) is 0 Å². The van der Waals surface area contributed by atoms with Crippen molar-refractivity contribution in [2.24, 2.45) is 0 Å². The Morgan fingerprint density at radius 1 is 1.09 bits per heavy atom. The lowest BCUT2D eigenvalue weighted by atomic mass is 10.2. The topological polar surface area (TPSA) is 42.5 Å². The van der Waals surface area contributed by atoms with Crippen molar-refractivity contribution in [2.45, 2.75) is 13.8 Å². The number of methoxy groups -OCH3 is 1. The van der Waals surface area contributed by atoms with Gasteiger partial charge in [-0.25, -0.2) is 0 Å². The van der Waals surface area contributed by atoms with E-state index < -0.39 is 0 Å². The standard InChI is InChI=1S/C9H11NO.C9H13NO/c1-7-2-3-8-9(6-7)11-5-4-10-8;1-7-4-5-9(11-3)8(6-7)10-2/h2-3,6,10H,4-5H2,1H3;4-6,10H,1-3H3. The molecule has 22 heavy (non-hydrogen) atoms. The minimum absolute atomic E-state index is 0.774. The quantitative estimate of drug-likeness (QED) is 0.884. The van der Waals surface area contributed by atoms with Crippen LogP contribution in [0.5, 0.6) is 11.5 Å². The van der Waals surface area contributed by atoms with Crippen molar-refractivity contribution in [1.29, 1.82) is 0 Å². The van der Waals surface area contributed by atoms with E-state index in [1.807, 2.05) is 19.2 Å². The molecule has 1 heterocycles. The molecule has 4 nitrogen and oxygen atoms in total. The number of benzene rings is 2. The molecular formula is C18H24N2O2. The molecule has 0 bridgehead atoms. The summed E-state index contributed by atoms with van der Waals surface area (Å²) in [6, 6.07) is 12.2. The van der Waals surface area contributed by atoms with Gasteiger partial charge in [-0.05, 0) is 49.2 Å². The van der Waals surface area contributed by atoms with Gasteiger partial charge in [0.15, 0.2) is 0 Å². The van der Waals surface area contributed by atoms with Crippen molar-refractivity contribution in [1.82, 2.24) is 0 Å². The molecule has 118 valence electrons. The highest BCUT2D eigenvalue weighted by atomic mass is 16.5. The first kappa shape index (κ1) is 16.0. The molecule has 1 aliphatic heterocycles. The van der Waals surface area contributed by atoms with Crippen molar-refractivity contribution in [3.63, 3.8) is 0 Å². The summed E-state index contributed by atoms with van der Waals surface area (Å²) < 4.78 is 10.6. The van der Waals surface area contributed by atoms with E-state index in [9.17, 15) is 0 Å². The maximum Gasteiger partial charge on any atom is 0.142 e. The number of hydrogen-bond acceptors (Lipinski definition) is 4. The van der Waals surface area contributed by atoms with E-state index in [1.165, 1.54) is 11.1 Å². The van der Waals surface area contributed by atoms with E-state index in [2.05, 4.69) is 48.7 Å². The summed E-state index contributed by atoms with van der Waals surface area (Å²) >= 11 is 0. The third kappa shape index (κ3) is 4.07. The molecule has 2 aromatic carbocycles. The fourth-order valence-corrected chi connectivity index (χ4v) is 2.26. The molecule has 1 aliphatic rings. The highest BCUT2D eigenvalue weighted by Crippen LogP contribution is 2.27. The van der Waals surface area contributed by atoms with Gasteiger partial charge in [-0.15, -0.1) is 0 Å². The van der Waals surface area contributed by atoms with E-state index in [1.54, 1.807) is 7.11 Å². The summed E-state index contributed by atoms with van der Waals surface area (Å²) in [6.07, 6.45) is 0. The number of hydrogen-bond donors (Lipinski definition) is 2. The largest absolute Gasteiger partial charge is 0.495 e. The molecule has 2 aromatic rings. The van der Waals surface area contributed by atoms with Gasteiger partial charge in [0.05, 0.1) is 18.5 Å². The monoisotopic (exact) mass is 300 g/mol. The van der Waals surface area contributed by atoms with Crippen LogP contribution in [0.4, 0.5) is 11.4 Å². The normalized spacial score (nSPS) is 12.0. The molecule has 0 aliphatic carbocycles. The summed E-state index contributed by atoms with van der Waals surface area (Å²) in [5, 5.41) is 6.33. The second-order valence-electron chi connectivity index (χ2n) is 5.23. The van der Waals surface area contributed by atoms with Crippen molar-refractivity contribution in [2.75, 3.05) is 37.9 Å². The van der Waals surface area contributed by atoms with Crippen LogP contribution >= 0.6 is 0 Å². The molecule has 0 saturated carbocycles. The molecular weight excluding hydrogens is 276 g/mol. The average Bonchev–Trinajstić information content (AvgIpc) is 2.55. The van der Waals surface area contributed by atoms with Gasteiger partial charge < -0.3 is 20.1 Å². The Hall–Kier alpha value is -2.36. The first-order valence-corrected chi connectivity index (χ1v) is 7.43. The van der Waals surface area contributed by atoms with Crippen molar-refractivity contribution in [3.8, 4) is 11.5 Å². The first-order chi connectivity index (χ1) is 10.6. The van der Waals surface area contributed by atoms with Crippen LogP contribution in [0.1, 0.15) is 11.1 Å². The molecule has 2 N–H and O–H groups in total. The zero-order valence-corrected chi connectivity index (χ0v) is 13.7. The smallest absolute Gasteiger partial charge is 0.142 e. The lowest BCUT2D eigenvalue weighted by molar-refractivity contribution is 0.323. The summed E-state index contributed by atoms with van der Waals surface area (Å²) in [4.78, 5) is 0. The SMILES string of the molecule is CNc1cc(C)ccc1OC.Cc1ccc2c(c1)OCCN2. The van der Waals surface area contributed by atoms with E-state index in [-0.39, 0.29) is 0 Å². The molecule has 4 heteroatoms. The van der Waals surface area contributed by atoms with E-state index in [0.29, 0.717) is 0 Å². The second kappa shape index (κ2) is 7.59. The van der Waals surface area contributed by atoms with Gasteiger partial charge in [0.2, 0.25) is 0 Å². The molecule has 0 unspecified atom stereocenters. The summed E-state index contributed by atoms with van der Waals surface area (Å²) in [5.74, 6) is 1.87. The van der Waals surface area contributed by atoms with Crippen LogP contribution in [0.15, 0.2) is 36.4 Å². The lowest BCUT2D eigenvalue weighted by Crippen LogP contribution is -2.17. The molecule has 0 saturated heterocycles. The fraction of sp³-hybridized carbons (Fsp3) is 0.333. The number of nitrogens with one attached hydrogen (secondary N) is 2. The third-order valence-corrected chi connectivity index (χ3v) is 3.44. The Balaban J connectivity index is 0.000000160. The van der Waals surface area contributed by atoms with Crippen LogP contribution in [0.3, 0.4) is 0 Å². The van der Waals surface area contributed by atoms with Crippen molar-refractivity contribution >= 4 is 11.4 Å². The van der Waals surface area contributed by atoms with Crippen molar-refractivity contribution < 1.29 is 9.47 Å². The van der Waals surface area contributed by atoms with E-state index in [4.69, 9.17) is 9.47 Å².